The molecule has 1 unspecified atom stereocenters. The zero-order valence-electron chi connectivity index (χ0n) is 15.0. The Balaban J connectivity index is 2.11. The van der Waals surface area contributed by atoms with Crippen molar-refractivity contribution in [3.05, 3.63) is 83.5 Å². The summed E-state index contributed by atoms with van der Waals surface area (Å²) in [7, 11) is -3.75. The third-order valence-corrected chi connectivity index (χ3v) is 6.53. The van der Waals surface area contributed by atoms with Gasteiger partial charge in [-0.3, -0.25) is 4.79 Å². The monoisotopic (exact) mass is 419 g/mol. The average Bonchev–Trinajstić information content (AvgIpc) is 3.09. The number of rotatable bonds is 6. The minimum absolute atomic E-state index is 0.170. The van der Waals surface area contributed by atoms with Crippen LogP contribution in [0.3, 0.4) is 0 Å². The van der Waals surface area contributed by atoms with Crippen molar-refractivity contribution in [1.29, 1.82) is 0 Å². The Morgan fingerprint density at radius 1 is 1.25 bits per heavy atom. The Hall–Kier alpha value is -2.49. The van der Waals surface area contributed by atoms with Gasteiger partial charge in [-0.25, -0.2) is 22.5 Å². The van der Waals surface area contributed by atoms with E-state index in [0.29, 0.717) is 5.56 Å². The first-order valence-corrected chi connectivity index (χ1v) is 10.7. The molecule has 0 saturated carbocycles. The summed E-state index contributed by atoms with van der Waals surface area (Å²) in [5.41, 5.74) is 0.889. The number of nitrogens with one attached hydrogen (secondary N) is 1. The highest BCUT2D eigenvalue weighted by Crippen LogP contribution is 2.47. The minimum atomic E-state index is -3.75. The van der Waals surface area contributed by atoms with Gasteiger partial charge in [-0.2, -0.15) is 5.10 Å². The number of hydrazone groups is 1. The van der Waals surface area contributed by atoms with Gasteiger partial charge in [0.2, 0.25) is 15.9 Å². The summed E-state index contributed by atoms with van der Waals surface area (Å²) in [4.78, 5) is 11.2. The fourth-order valence-electron chi connectivity index (χ4n) is 2.81. The van der Waals surface area contributed by atoms with Gasteiger partial charge in [0.05, 0.1) is 6.54 Å². The molecule has 0 radical (unpaired) electrons. The predicted molar refractivity (Wildman–Crippen MR) is 108 cm³/mol. The maximum Gasteiger partial charge on any atom is 0.241 e. The molecule has 1 aliphatic heterocycles. The van der Waals surface area contributed by atoms with Crippen LogP contribution in [0.4, 0.5) is 4.39 Å². The van der Waals surface area contributed by atoms with Crippen LogP contribution in [0.15, 0.2) is 71.7 Å². The fraction of sp³-hybridized carbons (Fsp3) is 0.158. The second-order valence-corrected chi connectivity index (χ2v) is 8.98. The van der Waals surface area contributed by atoms with Crippen LogP contribution in [0.5, 0.6) is 0 Å². The summed E-state index contributed by atoms with van der Waals surface area (Å²) in [6, 6.07) is 15.0. The standard InChI is InChI=1S/C19H18FN3O3S2/c1-3-28(25,26)21-13-19(15-9-5-4-6-10-15)23(14(2)24)22-18(27-19)16-11-7-8-12-17(16)20/h3-12,21H,1,13H2,2H3. The highest BCUT2D eigenvalue weighted by atomic mass is 32.2. The Morgan fingerprint density at radius 2 is 1.89 bits per heavy atom. The average molecular weight is 420 g/mol. The van der Waals surface area contributed by atoms with Crippen LogP contribution >= 0.6 is 11.8 Å². The van der Waals surface area contributed by atoms with Crippen molar-refractivity contribution in [2.75, 3.05) is 6.54 Å². The van der Waals surface area contributed by atoms with Crippen molar-refractivity contribution in [3.8, 4) is 0 Å². The van der Waals surface area contributed by atoms with Gasteiger partial charge >= 0.3 is 0 Å². The highest BCUT2D eigenvalue weighted by molar-refractivity contribution is 8.15. The van der Waals surface area contributed by atoms with Crippen molar-refractivity contribution in [3.63, 3.8) is 0 Å². The van der Waals surface area contributed by atoms with Crippen molar-refractivity contribution < 1.29 is 17.6 Å². The van der Waals surface area contributed by atoms with Gasteiger partial charge in [0.1, 0.15) is 10.9 Å². The molecule has 2 aromatic carbocycles. The van der Waals surface area contributed by atoms with Crippen molar-refractivity contribution >= 4 is 32.7 Å². The van der Waals surface area contributed by atoms with Crippen LogP contribution in [0.2, 0.25) is 0 Å². The molecule has 1 heterocycles. The van der Waals surface area contributed by atoms with Crippen molar-refractivity contribution in [1.82, 2.24) is 9.73 Å². The van der Waals surface area contributed by atoms with Gasteiger partial charge in [0.15, 0.2) is 4.87 Å². The largest absolute Gasteiger partial charge is 0.273 e. The number of halogens is 1. The number of hydrogen-bond donors (Lipinski definition) is 1. The zero-order valence-corrected chi connectivity index (χ0v) is 16.6. The summed E-state index contributed by atoms with van der Waals surface area (Å²) in [6.45, 7) is 4.44. The van der Waals surface area contributed by atoms with E-state index >= 15 is 0 Å². The molecule has 0 saturated heterocycles. The van der Waals surface area contributed by atoms with Crippen molar-refractivity contribution in [2.45, 2.75) is 11.8 Å². The van der Waals surface area contributed by atoms with Gasteiger partial charge < -0.3 is 0 Å². The summed E-state index contributed by atoms with van der Waals surface area (Å²) >= 11 is 1.12. The molecular formula is C19H18FN3O3S2. The SMILES string of the molecule is C=CS(=O)(=O)NCC1(c2ccccc2)SC(c2ccccc2F)=NN1C(C)=O. The summed E-state index contributed by atoms with van der Waals surface area (Å²) in [5.74, 6) is -0.881. The molecule has 0 aromatic heterocycles. The van der Waals surface area contributed by atoms with Gasteiger partial charge in [-0.05, 0) is 17.7 Å². The van der Waals surface area contributed by atoms with E-state index in [9.17, 15) is 17.6 Å². The van der Waals surface area contributed by atoms with E-state index in [4.69, 9.17) is 0 Å². The summed E-state index contributed by atoms with van der Waals surface area (Å²) < 4.78 is 40.7. The van der Waals surface area contributed by atoms with Crippen LogP contribution < -0.4 is 4.72 Å². The Morgan fingerprint density at radius 3 is 2.50 bits per heavy atom. The van der Waals surface area contributed by atoms with Gasteiger partial charge in [-0.15, -0.1) is 0 Å². The van der Waals surface area contributed by atoms with Crippen LogP contribution in [0.1, 0.15) is 18.1 Å². The van der Waals surface area contributed by atoms with Crippen LogP contribution in [-0.4, -0.2) is 30.9 Å². The number of nitrogens with zero attached hydrogens (tertiary/aromatic N) is 2. The molecule has 0 aliphatic carbocycles. The molecule has 146 valence electrons. The molecule has 28 heavy (non-hydrogen) atoms. The second kappa shape index (κ2) is 7.86. The maximum absolute atomic E-state index is 14.3. The molecule has 6 nitrogen and oxygen atoms in total. The lowest BCUT2D eigenvalue weighted by Crippen LogP contribution is -2.48. The molecule has 2 aromatic rings. The lowest BCUT2D eigenvalue weighted by atomic mass is 10.1. The topological polar surface area (TPSA) is 78.8 Å². The lowest BCUT2D eigenvalue weighted by Gasteiger charge is -2.35. The molecule has 1 amide bonds. The van der Waals surface area contributed by atoms with Crippen molar-refractivity contribution in [2.24, 2.45) is 5.10 Å². The molecule has 1 atom stereocenters. The molecule has 9 heteroatoms. The van der Waals surface area contributed by atoms with E-state index in [-0.39, 0.29) is 17.2 Å². The molecule has 1 aliphatic rings. The first kappa shape index (κ1) is 20.2. The maximum atomic E-state index is 14.3. The number of carbonyl (C=O) groups excluding carboxylic acids is 1. The number of benzene rings is 2. The van der Waals surface area contributed by atoms with Crippen LogP contribution in [0.25, 0.3) is 0 Å². The quantitative estimate of drug-likeness (QED) is 0.781. The van der Waals surface area contributed by atoms with Gasteiger partial charge in [0, 0.05) is 17.9 Å². The number of sulfonamides is 1. The third-order valence-electron chi connectivity index (χ3n) is 4.16. The first-order valence-electron chi connectivity index (χ1n) is 8.30. The number of hydrogen-bond acceptors (Lipinski definition) is 5. The van der Waals surface area contributed by atoms with Crippen LogP contribution in [0, 0.1) is 5.82 Å². The van der Waals surface area contributed by atoms with E-state index in [1.165, 1.54) is 18.0 Å². The Bertz CT molecular complexity index is 1040. The van der Waals surface area contributed by atoms with E-state index < -0.39 is 26.6 Å². The zero-order chi connectivity index (χ0) is 20.4. The molecule has 1 N–H and O–H groups in total. The van der Waals surface area contributed by atoms with Gasteiger partial charge in [0.25, 0.3) is 0 Å². The molecule has 0 spiro atoms. The highest BCUT2D eigenvalue weighted by Gasteiger charge is 2.48. The second-order valence-electron chi connectivity index (χ2n) is 6.00. The lowest BCUT2D eigenvalue weighted by molar-refractivity contribution is -0.132. The Labute approximate surface area is 167 Å². The fourth-order valence-corrected chi connectivity index (χ4v) is 4.80. The normalized spacial score (nSPS) is 19.4. The third kappa shape index (κ3) is 3.87. The van der Waals surface area contributed by atoms with Gasteiger partial charge in [-0.1, -0.05) is 60.8 Å². The predicted octanol–water partition coefficient (Wildman–Crippen LogP) is 3.00. The minimum Gasteiger partial charge on any atom is -0.273 e. The van der Waals surface area contributed by atoms with E-state index in [1.54, 1.807) is 42.5 Å². The molecular weight excluding hydrogens is 401 g/mol. The summed E-state index contributed by atoms with van der Waals surface area (Å²) in [5, 5.41) is 6.61. The number of thioether (sulfide) groups is 1. The molecule has 0 bridgehead atoms. The smallest absolute Gasteiger partial charge is 0.241 e. The van der Waals surface area contributed by atoms with E-state index in [2.05, 4.69) is 16.4 Å². The first-order chi connectivity index (χ1) is 13.3. The Kier molecular flexibility index (Phi) is 5.69. The molecule has 0 fully saturated rings. The van der Waals surface area contributed by atoms with E-state index in [0.717, 1.165) is 17.2 Å². The van der Waals surface area contributed by atoms with Crippen LogP contribution in [-0.2, 0) is 19.7 Å². The number of carbonyl (C=O) groups is 1. The summed E-state index contributed by atoms with van der Waals surface area (Å²) in [6.07, 6.45) is 0. The number of amides is 1. The van der Waals surface area contributed by atoms with E-state index in [1.807, 2.05) is 6.07 Å². The molecule has 3 rings (SSSR count).